The molecule has 2 aliphatic rings. The van der Waals surface area contributed by atoms with Crippen LogP contribution in [0.3, 0.4) is 0 Å². The first-order valence-electron chi connectivity index (χ1n) is 11.8. The molecule has 0 radical (unpaired) electrons. The third-order valence-electron chi connectivity index (χ3n) is 6.66. The van der Waals surface area contributed by atoms with E-state index in [-0.39, 0.29) is 29.8 Å². The Morgan fingerprint density at radius 2 is 1.94 bits per heavy atom. The van der Waals surface area contributed by atoms with Crippen molar-refractivity contribution in [1.82, 2.24) is 20.1 Å². The number of amides is 2. The van der Waals surface area contributed by atoms with Crippen LogP contribution in [-0.2, 0) is 9.59 Å². The van der Waals surface area contributed by atoms with Crippen LogP contribution in [0, 0.1) is 5.92 Å². The van der Waals surface area contributed by atoms with E-state index in [1.165, 1.54) is 0 Å². The van der Waals surface area contributed by atoms with Crippen LogP contribution in [0.25, 0.3) is 16.7 Å². The maximum atomic E-state index is 13.1. The summed E-state index contributed by atoms with van der Waals surface area (Å²) in [7, 11) is 5.86. The average Bonchev–Trinajstić information content (AvgIpc) is 3.45. The topological polar surface area (TPSA) is 78.7 Å². The molecule has 4 rings (SSSR count). The Balaban J connectivity index is 1.35. The summed E-state index contributed by atoms with van der Waals surface area (Å²) in [4.78, 5) is 34.2. The van der Waals surface area contributed by atoms with E-state index in [1.807, 2.05) is 69.4 Å². The van der Waals surface area contributed by atoms with Crippen LogP contribution in [0.4, 0.5) is 0 Å². The Morgan fingerprint density at radius 3 is 2.64 bits per heavy atom. The van der Waals surface area contributed by atoms with Gasteiger partial charge in [0.15, 0.2) is 5.58 Å². The van der Waals surface area contributed by atoms with Gasteiger partial charge in [-0.2, -0.15) is 0 Å². The SMILES string of the molecule is CC(CN(C)C)NC(=O)C1CCC(N(C)C(=O)C2=CC=C(c3nc4ccccc4o3)CC2)C1. The number of allylic oxidation sites excluding steroid dienone is 3. The average molecular weight is 451 g/mol. The second kappa shape index (κ2) is 9.91. The van der Waals surface area contributed by atoms with Gasteiger partial charge in [0, 0.05) is 42.7 Å². The normalized spacial score (nSPS) is 21.6. The van der Waals surface area contributed by atoms with Gasteiger partial charge in [0.2, 0.25) is 17.7 Å². The van der Waals surface area contributed by atoms with Gasteiger partial charge in [-0.1, -0.05) is 24.3 Å². The van der Waals surface area contributed by atoms with Crippen molar-refractivity contribution in [1.29, 1.82) is 0 Å². The summed E-state index contributed by atoms with van der Waals surface area (Å²) in [6.45, 7) is 2.84. The number of rotatable bonds is 7. The predicted molar refractivity (Wildman–Crippen MR) is 129 cm³/mol. The zero-order valence-electron chi connectivity index (χ0n) is 20.0. The summed E-state index contributed by atoms with van der Waals surface area (Å²) in [5, 5.41) is 3.12. The Morgan fingerprint density at radius 1 is 1.15 bits per heavy atom. The number of nitrogens with one attached hydrogen (secondary N) is 1. The molecule has 0 spiro atoms. The Labute approximate surface area is 195 Å². The summed E-state index contributed by atoms with van der Waals surface area (Å²) in [5.74, 6) is 0.756. The van der Waals surface area contributed by atoms with Gasteiger partial charge in [-0.05, 0) is 65.3 Å². The lowest BCUT2D eigenvalue weighted by atomic mass is 9.97. The fourth-order valence-electron chi connectivity index (χ4n) is 4.90. The van der Waals surface area contributed by atoms with Gasteiger partial charge >= 0.3 is 0 Å². The van der Waals surface area contributed by atoms with Crippen molar-refractivity contribution < 1.29 is 14.0 Å². The summed E-state index contributed by atoms with van der Waals surface area (Å²) in [5.41, 5.74) is 3.42. The van der Waals surface area contributed by atoms with Crippen LogP contribution >= 0.6 is 0 Å². The summed E-state index contributed by atoms with van der Waals surface area (Å²) in [6, 6.07) is 7.93. The molecule has 33 heavy (non-hydrogen) atoms. The lowest BCUT2D eigenvalue weighted by molar-refractivity contribution is -0.129. The van der Waals surface area contributed by atoms with Crippen LogP contribution < -0.4 is 5.32 Å². The number of carbonyl (C=O) groups is 2. The monoisotopic (exact) mass is 450 g/mol. The van der Waals surface area contributed by atoms with Crippen molar-refractivity contribution in [2.45, 2.75) is 51.1 Å². The molecule has 1 aromatic heterocycles. The van der Waals surface area contributed by atoms with E-state index in [0.717, 1.165) is 54.5 Å². The first-order chi connectivity index (χ1) is 15.8. The Bertz CT molecular complexity index is 1050. The van der Waals surface area contributed by atoms with E-state index < -0.39 is 0 Å². The third kappa shape index (κ3) is 5.36. The predicted octanol–water partition coefficient (Wildman–Crippen LogP) is 3.62. The second-order valence-corrected chi connectivity index (χ2v) is 9.62. The van der Waals surface area contributed by atoms with E-state index in [0.29, 0.717) is 12.3 Å². The van der Waals surface area contributed by atoms with E-state index in [4.69, 9.17) is 4.42 Å². The fraction of sp³-hybridized carbons (Fsp3) is 0.500. The van der Waals surface area contributed by atoms with E-state index >= 15 is 0 Å². The Hall–Kier alpha value is -2.93. The van der Waals surface area contributed by atoms with E-state index in [1.54, 1.807) is 0 Å². The van der Waals surface area contributed by atoms with Crippen LogP contribution in [-0.4, -0.2) is 66.4 Å². The molecule has 7 nitrogen and oxygen atoms in total. The number of fused-ring (bicyclic) bond motifs is 1. The van der Waals surface area contributed by atoms with Crippen molar-refractivity contribution in [3.63, 3.8) is 0 Å². The van der Waals surface area contributed by atoms with E-state index in [2.05, 4.69) is 15.2 Å². The highest BCUT2D eigenvalue weighted by atomic mass is 16.3. The highest BCUT2D eigenvalue weighted by Gasteiger charge is 2.35. The molecule has 3 unspecified atom stereocenters. The lowest BCUT2D eigenvalue weighted by Crippen LogP contribution is -2.42. The van der Waals surface area contributed by atoms with Crippen molar-refractivity contribution in [3.05, 3.63) is 47.9 Å². The smallest absolute Gasteiger partial charge is 0.249 e. The van der Waals surface area contributed by atoms with Crippen molar-refractivity contribution in [2.24, 2.45) is 5.92 Å². The molecule has 176 valence electrons. The first kappa shape index (κ1) is 23.2. The van der Waals surface area contributed by atoms with Gasteiger partial charge in [-0.15, -0.1) is 0 Å². The van der Waals surface area contributed by atoms with Gasteiger partial charge < -0.3 is 19.5 Å². The molecule has 0 aliphatic heterocycles. The first-order valence-corrected chi connectivity index (χ1v) is 11.8. The molecule has 7 heteroatoms. The molecule has 2 aliphatic carbocycles. The van der Waals surface area contributed by atoms with Crippen molar-refractivity contribution >= 4 is 28.5 Å². The number of oxazole rings is 1. The zero-order chi connectivity index (χ0) is 23.5. The zero-order valence-corrected chi connectivity index (χ0v) is 20.0. The van der Waals surface area contributed by atoms with Crippen LogP contribution in [0.5, 0.6) is 0 Å². The molecule has 2 aromatic rings. The largest absolute Gasteiger partial charge is 0.436 e. The number of carbonyl (C=O) groups excluding carboxylic acids is 2. The minimum Gasteiger partial charge on any atom is -0.436 e. The maximum absolute atomic E-state index is 13.1. The number of benzene rings is 1. The number of likely N-dealkylation sites (N-methyl/N-ethyl adjacent to an activating group) is 2. The van der Waals surface area contributed by atoms with Gasteiger partial charge in [0.05, 0.1) is 0 Å². The standard InChI is InChI=1S/C26H34N4O3/c1-17(16-29(2)3)27-24(31)20-13-14-21(15-20)30(4)26(32)19-11-9-18(10-12-19)25-28-22-7-5-6-8-23(22)33-25/h5-9,11,17,20-21H,10,12-16H2,1-4H3,(H,27,31). The number of nitrogens with zero attached hydrogens (tertiary/aromatic N) is 3. The molecular weight excluding hydrogens is 416 g/mol. The minimum atomic E-state index is -0.0270. The molecule has 2 amide bonds. The van der Waals surface area contributed by atoms with Crippen molar-refractivity contribution in [2.75, 3.05) is 27.7 Å². The Kier molecular flexibility index (Phi) is 6.98. The number of hydrogen-bond acceptors (Lipinski definition) is 5. The van der Waals surface area contributed by atoms with Gasteiger partial charge in [-0.3, -0.25) is 9.59 Å². The molecule has 1 N–H and O–H groups in total. The minimum absolute atomic E-state index is 0.0270. The van der Waals surface area contributed by atoms with E-state index in [9.17, 15) is 9.59 Å². The molecule has 1 heterocycles. The lowest BCUT2D eigenvalue weighted by Gasteiger charge is -2.27. The fourth-order valence-corrected chi connectivity index (χ4v) is 4.90. The third-order valence-corrected chi connectivity index (χ3v) is 6.66. The summed E-state index contributed by atoms with van der Waals surface area (Å²) in [6.07, 6.45) is 7.63. The molecular formula is C26H34N4O3. The second-order valence-electron chi connectivity index (χ2n) is 9.62. The summed E-state index contributed by atoms with van der Waals surface area (Å²) < 4.78 is 5.87. The number of para-hydroxylation sites is 2. The van der Waals surface area contributed by atoms with Gasteiger partial charge in [0.1, 0.15) is 5.52 Å². The molecule has 0 saturated heterocycles. The summed E-state index contributed by atoms with van der Waals surface area (Å²) >= 11 is 0. The molecule has 1 fully saturated rings. The van der Waals surface area contributed by atoms with Crippen molar-refractivity contribution in [3.8, 4) is 0 Å². The van der Waals surface area contributed by atoms with Crippen LogP contribution in [0.2, 0.25) is 0 Å². The number of hydrogen-bond donors (Lipinski definition) is 1. The molecule has 1 saturated carbocycles. The highest BCUT2D eigenvalue weighted by Crippen LogP contribution is 2.32. The highest BCUT2D eigenvalue weighted by molar-refractivity contribution is 5.95. The van der Waals surface area contributed by atoms with Crippen LogP contribution in [0.1, 0.15) is 44.9 Å². The molecule has 1 aromatic carbocycles. The molecule has 3 atom stereocenters. The quantitative estimate of drug-likeness (QED) is 0.697. The number of aromatic nitrogens is 1. The van der Waals surface area contributed by atoms with Gasteiger partial charge in [-0.25, -0.2) is 4.98 Å². The van der Waals surface area contributed by atoms with Gasteiger partial charge in [0.25, 0.3) is 0 Å². The van der Waals surface area contributed by atoms with Crippen LogP contribution in [0.15, 0.2) is 46.4 Å². The molecule has 0 bridgehead atoms. The maximum Gasteiger partial charge on any atom is 0.249 e.